The predicted octanol–water partition coefficient (Wildman–Crippen LogP) is 3.51. The molecule has 0 aliphatic heterocycles. The summed E-state index contributed by atoms with van der Waals surface area (Å²) in [5, 5.41) is 0. The molecule has 0 radical (unpaired) electrons. The van der Waals surface area contributed by atoms with Gasteiger partial charge in [-0.15, -0.1) is 0 Å². The topological polar surface area (TPSA) is 17.1 Å². The Hall–Kier alpha value is -0.850. The van der Waals surface area contributed by atoms with Crippen LogP contribution < -0.4 is 0 Å². The Kier molecular flexibility index (Phi) is 1.86. The van der Waals surface area contributed by atoms with Crippen LogP contribution in [0.15, 0.2) is 22.8 Å². The molecule has 0 aromatic rings. The molecule has 16 heavy (non-hydrogen) atoms. The maximum Gasteiger partial charge on any atom is 0.182 e. The van der Waals surface area contributed by atoms with Crippen LogP contribution in [0, 0.1) is 23.2 Å². The van der Waals surface area contributed by atoms with Crippen molar-refractivity contribution in [3.8, 4) is 0 Å². The van der Waals surface area contributed by atoms with E-state index in [0.717, 1.165) is 23.8 Å². The molecule has 0 N–H and O–H groups in total. The second-order valence-electron chi connectivity index (χ2n) is 6.42. The summed E-state index contributed by atoms with van der Waals surface area (Å²) >= 11 is 0. The van der Waals surface area contributed by atoms with Crippen molar-refractivity contribution >= 4 is 5.78 Å². The fourth-order valence-corrected chi connectivity index (χ4v) is 4.20. The van der Waals surface area contributed by atoms with Crippen LogP contribution in [0.3, 0.4) is 0 Å². The number of ketones is 1. The summed E-state index contributed by atoms with van der Waals surface area (Å²) in [6, 6.07) is 0. The van der Waals surface area contributed by atoms with Gasteiger partial charge in [0.1, 0.15) is 0 Å². The van der Waals surface area contributed by atoms with Crippen LogP contribution >= 0.6 is 0 Å². The average Bonchev–Trinajstić information content (AvgIpc) is 2.65. The molecule has 0 aromatic heterocycles. The van der Waals surface area contributed by atoms with Gasteiger partial charge in [-0.1, -0.05) is 25.0 Å². The summed E-state index contributed by atoms with van der Waals surface area (Å²) in [5.74, 6) is 2.31. The Morgan fingerprint density at radius 1 is 1.31 bits per heavy atom. The van der Waals surface area contributed by atoms with Crippen molar-refractivity contribution in [2.24, 2.45) is 23.2 Å². The van der Waals surface area contributed by atoms with Gasteiger partial charge in [-0.2, -0.15) is 0 Å². The number of rotatable bonds is 0. The van der Waals surface area contributed by atoms with Gasteiger partial charge in [-0.3, -0.25) is 4.79 Å². The van der Waals surface area contributed by atoms with Gasteiger partial charge < -0.3 is 0 Å². The Bertz CT molecular complexity index is 436. The van der Waals surface area contributed by atoms with Gasteiger partial charge in [0.05, 0.1) is 0 Å². The van der Waals surface area contributed by atoms with E-state index in [1.165, 1.54) is 17.6 Å². The normalized spacial score (nSPS) is 40.1. The third-order valence-corrected chi connectivity index (χ3v) is 5.21. The highest BCUT2D eigenvalue weighted by Gasteiger charge is 2.63. The minimum Gasteiger partial charge on any atom is -0.290 e. The van der Waals surface area contributed by atoms with E-state index in [9.17, 15) is 4.79 Å². The van der Waals surface area contributed by atoms with Gasteiger partial charge in [0.25, 0.3) is 0 Å². The lowest BCUT2D eigenvalue weighted by Gasteiger charge is -2.17. The van der Waals surface area contributed by atoms with E-state index in [0.29, 0.717) is 17.1 Å². The van der Waals surface area contributed by atoms with E-state index in [-0.39, 0.29) is 0 Å². The molecule has 0 unspecified atom stereocenters. The van der Waals surface area contributed by atoms with Crippen LogP contribution in [0.4, 0.5) is 0 Å². The van der Waals surface area contributed by atoms with E-state index in [1.807, 2.05) is 6.08 Å². The molecule has 3 atom stereocenters. The van der Waals surface area contributed by atoms with Gasteiger partial charge in [0, 0.05) is 11.5 Å². The predicted molar refractivity (Wildman–Crippen MR) is 64.9 cm³/mol. The number of carbonyl (C=O) groups is 1. The van der Waals surface area contributed by atoms with Crippen molar-refractivity contribution < 1.29 is 4.79 Å². The first-order valence-electron chi connectivity index (χ1n) is 6.36. The molecule has 3 aliphatic rings. The van der Waals surface area contributed by atoms with Crippen molar-refractivity contribution in [2.45, 2.75) is 40.5 Å². The van der Waals surface area contributed by atoms with Crippen molar-refractivity contribution in [2.75, 3.05) is 0 Å². The van der Waals surface area contributed by atoms with Gasteiger partial charge in [0.2, 0.25) is 0 Å². The Labute approximate surface area is 97.6 Å². The van der Waals surface area contributed by atoms with Gasteiger partial charge in [-0.05, 0) is 50.0 Å². The Morgan fingerprint density at radius 3 is 2.69 bits per heavy atom. The summed E-state index contributed by atoms with van der Waals surface area (Å²) in [6.45, 7) is 9.04. The maximum absolute atomic E-state index is 12.0. The summed E-state index contributed by atoms with van der Waals surface area (Å²) in [7, 11) is 0. The van der Waals surface area contributed by atoms with Gasteiger partial charge >= 0.3 is 0 Å². The minimum atomic E-state index is 0.295. The third-order valence-electron chi connectivity index (χ3n) is 5.21. The second-order valence-corrected chi connectivity index (χ2v) is 6.42. The van der Waals surface area contributed by atoms with Crippen LogP contribution in [0.2, 0.25) is 0 Å². The molecule has 3 rings (SSSR count). The SMILES string of the molecule is CC1=CC(=O)C2=C(C)CC[C@H]3[C@@H]([C@@H]12)C3(C)C. The van der Waals surface area contributed by atoms with Crippen LogP contribution in [-0.4, -0.2) is 5.78 Å². The van der Waals surface area contributed by atoms with Crippen LogP contribution in [0.5, 0.6) is 0 Å². The zero-order valence-corrected chi connectivity index (χ0v) is 10.6. The fourth-order valence-electron chi connectivity index (χ4n) is 4.20. The average molecular weight is 216 g/mol. The highest BCUT2D eigenvalue weighted by Crippen LogP contribution is 2.68. The van der Waals surface area contributed by atoms with Crippen LogP contribution in [0.25, 0.3) is 0 Å². The molecule has 0 saturated heterocycles. The summed E-state index contributed by atoms with van der Waals surface area (Å²) < 4.78 is 0. The smallest absolute Gasteiger partial charge is 0.182 e. The highest BCUT2D eigenvalue weighted by molar-refractivity contribution is 6.08. The van der Waals surface area contributed by atoms with Gasteiger partial charge in [0.15, 0.2) is 5.78 Å². The van der Waals surface area contributed by atoms with Crippen molar-refractivity contribution in [1.82, 2.24) is 0 Å². The standard InChI is InChI=1S/C15H20O/c1-8-5-6-10-14(15(10,3)4)13-9(2)7-11(16)12(8)13/h7,10,13-14H,5-6H2,1-4H3/t10-,13-,14-/m0/s1. The summed E-state index contributed by atoms with van der Waals surface area (Å²) in [6.07, 6.45) is 4.29. The lowest BCUT2D eigenvalue weighted by atomic mass is 9.86. The fraction of sp³-hybridized carbons (Fsp3) is 0.667. The zero-order valence-electron chi connectivity index (χ0n) is 10.6. The van der Waals surface area contributed by atoms with Crippen molar-refractivity contribution in [3.05, 3.63) is 22.8 Å². The second kappa shape index (κ2) is 2.88. The first-order chi connectivity index (χ1) is 7.44. The van der Waals surface area contributed by atoms with Crippen LogP contribution in [-0.2, 0) is 4.79 Å². The number of carbonyl (C=O) groups excluding carboxylic acids is 1. The minimum absolute atomic E-state index is 0.295. The molecule has 1 nitrogen and oxygen atoms in total. The number of fused-ring (bicyclic) bond motifs is 3. The summed E-state index contributed by atoms with van der Waals surface area (Å²) in [4.78, 5) is 12.0. The molecule has 0 aromatic carbocycles. The number of allylic oxidation sites excluding steroid dienone is 4. The zero-order chi connectivity index (χ0) is 11.7. The number of hydrogen-bond donors (Lipinski definition) is 0. The number of hydrogen-bond acceptors (Lipinski definition) is 1. The van der Waals surface area contributed by atoms with Gasteiger partial charge in [-0.25, -0.2) is 0 Å². The lowest BCUT2D eigenvalue weighted by Crippen LogP contribution is -2.12. The molecule has 0 amide bonds. The molecule has 1 heteroatoms. The largest absolute Gasteiger partial charge is 0.290 e. The molecule has 0 heterocycles. The molecule has 1 saturated carbocycles. The van der Waals surface area contributed by atoms with E-state index < -0.39 is 0 Å². The Balaban J connectivity index is 2.09. The maximum atomic E-state index is 12.0. The van der Waals surface area contributed by atoms with E-state index in [2.05, 4.69) is 27.7 Å². The molecular weight excluding hydrogens is 196 g/mol. The first-order valence-corrected chi connectivity index (χ1v) is 6.36. The summed E-state index contributed by atoms with van der Waals surface area (Å²) in [5.41, 5.74) is 4.26. The molecular formula is C15H20O. The quantitative estimate of drug-likeness (QED) is 0.605. The van der Waals surface area contributed by atoms with Crippen molar-refractivity contribution in [1.29, 1.82) is 0 Å². The Morgan fingerprint density at radius 2 is 2.00 bits per heavy atom. The third kappa shape index (κ3) is 1.09. The van der Waals surface area contributed by atoms with E-state index in [1.54, 1.807) is 0 Å². The van der Waals surface area contributed by atoms with E-state index >= 15 is 0 Å². The molecule has 0 bridgehead atoms. The van der Waals surface area contributed by atoms with Crippen LogP contribution in [0.1, 0.15) is 40.5 Å². The molecule has 3 aliphatic carbocycles. The molecule has 86 valence electrons. The highest BCUT2D eigenvalue weighted by atomic mass is 16.1. The van der Waals surface area contributed by atoms with E-state index in [4.69, 9.17) is 0 Å². The lowest BCUT2D eigenvalue weighted by molar-refractivity contribution is -0.111. The monoisotopic (exact) mass is 216 g/mol. The molecule has 1 fully saturated rings. The first kappa shape index (κ1) is 10.3. The molecule has 0 spiro atoms. The van der Waals surface area contributed by atoms with Crippen molar-refractivity contribution in [3.63, 3.8) is 0 Å².